The summed E-state index contributed by atoms with van der Waals surface area (Å²) >= 11 is 5.91. The zero-order valence-corrected chi connectivity index (χ0v) is 16.1. The van der Waals surface area contributed by atoms with E-state index in [-0.39, 0.29) is 12.3 Å². The summed E-state index contributed by atoms with van der Waals surface area (Å²) in [5, 5.41) is 1.51. The van der Waals surface area contributed by atoms with Crippen LogP contribution in [-0.2, 0) is 4.79 Å². The molecule has 0 saturated carbocycles. The number of halogens is 1. The van der Waals surface area contributed by atoms with Crippen LogP contribution in [0.2, 0.25) is 5.02 Å². The number of carbonyl (C=O) groups excluding carboxylic acids is 2. The molecule has 7 heteroatoms. The number of ether oxygens (including phenoxy) is 1. The summed E-state index contributed by atoms with van der Waals surface area (Å²) in [4.78, 5) is 28.5. The summed E-state index contributed by atoms with van der Waals surface area (Å²) in [5.41, 5.74) is 6.78. The molecule has 2 N–H and O–H groups in total. The molecular weight excluding hydrogens is 378 g/mol. The number of nitrogens with zero attached hydrogens (tertiary/aromatic N) is 1. The average Bonchev–Trinajstić information content (AvgIpc) is 2.70. The van der Waals surface area contributed by atoms with Crippen molar-refractivity contribution in [3.63, 3.8) is 0 Å². The van der Waals surface area contributed by atoms with E-state index in [1.165, 1.54) is 0 Å². The van der Waals surface area contributed by atoms with Gasteiger partial charge in [-0.15, -0.1) is 0 Å². The maximum Gasteiger partial charge on any atom is 0.271 e. The SMILES string of the molecule is Cc1cc(Cl)ccc1OCCCC(=O)NNC(=O)c1cccc2cccnc12. The molecule has 2 amide bonds. The van der Waals surface area contributed by atoms with Crippen LogP contribution in [0.5, 0.6) is 5.75 Å². The van der Waals surface area contributed by atoms with Crippen molar-refractivity contribution >= 4 is 34.3 Å². The molecule has 3 rings (SSSR count). The Morgan fingerprint density at radius 1 is 1.11 bits per heavy atom. The predicted molar refractivity (Wildman–Crippen MR) is 108 cm³/mol. The number of fused-ring (bicyclic) bond motifs is 1. The van der Waals surface area contributed by atoms with Crippen molar-refractivity contribution in [3.8, 4) is 5.75 Å². The van der Waals surface area contributed by atoms with E-state index in [0.29, 0.717) is 29.1 Å². The molecule has 144 valence electrons. The quantitative estimate of drug-likeness (QED) is 0.489. The van der Waals surface area contributed by atoms with Crippen molar-refractivity contribution in [1.29, 1.82) is 0 Å². The summed E-state index contributed by atoms with van der Waals surface area (Å²) < 4.78 is 5.65. The molecule has 0 saturated heterocycles. The summed E-state index contributed by atoms with van der Waals surface area (Å²) in [6, 6.07) is 14.4. The minimum atomic E-state index is -0.411. The van der Waals surface area contributed by atoms with Gasteiger partial charge >= 0.3 is 0 Å². The molecule has 0 aliphatic heterocycles. The number of hydrogen-bond donors (Lipinski definition) is 2. The highest BCUT2D eigenvalue weighted by molar-refractivity contribution is 6.30. The van der Waals surface area contributed by atoms with Crippen LogP contribution in [0.15, 0.2) is 54.7 Å². The van der Waals surface area contributed by atoms with Crippen LogP contribution < -0.4 is 15.6 Å². The first-order valence-electron chi connectivity index (χ1n) is 8.86. The number of amides is 2. The molecule has 0 fully saturated rings. The van der Waals surface area contributed by atoms with Gasteiger partial charge < -0.3 is 4.74 Å². The first-order chi connectivity index (χ1) is 13.5. The maximum atomic E-state index is 12.3. The lowest BCUT2D eigenvalue weighted by Crippen LogP contribution is -2.41. The van der Waals surface area contributed by atoms with Crippen molar-refractivity contribution < 1.29 is 14.3 Å². The maximum absolute atomic E-state index is 12.3. The number of hydrogen-bond acceptors (Lipinski definition) is 4. The number of pyridine rings is 1. The summed E-state index contributed by atoms with van der Waals surface area (Å²) in [7, 11) is 0. The van der Waals surface area contributed by atoms with Crippen molar-refractivity contribution in [3.05, 3.63) is 70.9 Å². The topological polar surface area (TPSA) is 80.3 Å². The molecule has 0 atom stereocenters. The Kier molecular flexibility index (Phi) is 6.45. The van der Waals surface area contributed by atoms with Gasteiger partial charge in [0.15, 0.2) is 0 Å². The Labute approximate surface area is 167 Å². The van der Waals surface area contributed by atoms with Crippen LogP contribution in [0, 0.1) is 6.92 Å². The van der Waals surface area contributed by atoms with E-state index in [0.717, 1.165) is 16.7 Å². The van der Waals surface area contributed by atoms with Crippen LogP contribution in [0.4, 0.5) is 0 Å². The number of para-hydroxylation sites is 1. The third-order valence-electron chi connectivity index (χ3n) is 4.14. The number of nitrogens with one attached hydrogen (secondary N) is 2. The number of aromatic nitrogens is 1. The van der Waals surface area contributed by atoms with Crippen molar-refractivity contribution in [1.82, 2.24) is 15.8 Å². The molecule has 0 aliphatic carbocycles. The van der Waals surface area contributed by atoms with E-state index in [4.69, 9.17) is 16.3 Å². The van der Waals surface area contributed by atoms with Gasteiger partial charge in [-0.05, 0) is 49.2 Å². The zero-order valence-electron chi connectivity index (χ0n) is 15.4. The zero-order chi connectivity index (χ0) is 19.9. The van der Waals surface area contributed by atoms with Gasteiger partial charge in [-0.1, -0.05) is 29.8 Å². The van der Waals surface area contributed by atoms with E-state index in [2.05, 4.69) is 15.8 Å². The highest BCUT2D eigenvalue weighted by atomic mass is 35.5. The van der Waals surface area contributed by atoms with E-state index >= 15 is 0 Å². The van der Waals surface area contributed by atoms with Gasteiger partial charge in [0.25, 0.3) is 5.91 Å². The first kappa shape index (κ1) is 19.6. The normalized spacial score (nSPS) is 10.5. The summed E-state index contributed by atoms with van der Waals surface area (Å²) in [6.45, 7) is 2.29. The van der Waals surface area contributed by atoms with E-state index < -0.39 is 5.91 Å². The van der Waals surface area contributed by atoms with Gasteiger partial charge in [0.1, 0.15) is 5.75 Å². The molecule has 1 aromatic heterocycles. The van der Waals surface area contributed by atoms with Gasteiger partial charge in [-0.25, -0.2) is 0 Å². The van der Waals surface area contributed by atoms with Gasteiger partial charge in [0.05, 0.1) is 17.7 Å². The fourth-order valence-corrected chi connectivity index (χ4v) is 2.96. The lowest BCUT2D eigenvalue weighted by atomic mass is 10.1. The molecule has 1 heterocycles. The van der Waals surface area contributed by atoms with Crippen LogP contribution >= 0.6 is 11.6 Å². The molecule has 0 unspecified atom stereocenters. The third-order valence-corrected chi connectivity index (χ3v) is 4.37. The smallest absolute Gasteiger partial charge is 0.271 e. The second-order valence-electron chi connectivity index (χ2n) is 6.24. The van der Waals surface area contributed by atoms with Crippen molar-refractivity contribution in [2.24, 2.45) is 0 Å². The lowest BCUT2D eigenvalue weighted by Gasteiger charge is -2.10. The van der Waals surface area contributed by atoms with Crippen LogP contribution in [-0.4, -0.2) is 23.4 Å². The van der Waals surface area contributed by atoms with Gasteiger partial charge in [-0.2, -0.15) is 0 Å². The first-order valence-corrected chi connectivity index (χ1v) is 9.24. The predicted octanol–water partition coefficient (Wildman–Crippen LogP) is 3.82. The molecule has 2 aromatic carbocycles. The fourth-order valence-electron chi connectivity index (χ4n) is 2.73. The molecule has 0 spiro atoms. The Balaban J connectivity index is 1.44. The number of hydrazine groups is 1. The van der Waals surface area contributed by atoms with Crippen LogP contribution in [0.1, 0.15) is 28.8 Å². The molecule has 28 heavy (non-hydrogen) atoms. The second kappa shape index (κ2) is 9.19. The summed E-state index contributed by atoms with van der Waals surface area (Å²) in [6.07, 6.45) is 2.36. The number of aryl methyl sites for hydroxylation is 1. The van der Waals surface area contributed by atoms with Gasteiger partial charge in [-0.3, -0.25) is 25.4 Å². The Morgan fingerprint density at radius 3 is 2.75 bits per heavy atom. The molecule has 0 bridgehead atoms. The standard InChI is InChI=1S/C21H20ClN3O3/c1-14-13-16(22)9-10-18(14)28-12-4-8-19(26)24-25-21(27)17-7-2-5-15-6-3-11-23-20(15)17/h2-3,5-7,9-11,13H,4,8,12H2,1H3,(H,24,26)(H,25,27). The third kappa shape index (κ3) is 4.98. The number of carbonyl (C=O) groups is 2. The van der Waals surface area contributed by atoms with Gasteiger partial charge in [0.2, 0.25) is 5.91 Å². The highest BCUT2D eigenvalue weighted by Gasteiger charge is 2.11. The lowest BCUT2D eigenvalue weighted by molar-refractivity contribution is -0.122. The average molecular weight is 398 g/mol. The minimum Gasteiger partial charge on any atom is -0.493 e. The second-order valence-corrected chi connectivity index (χ2v) is 6.68. The minimum absolute atomic E-state index is 0.223. The largest absolute Gasteiger partial charge is 0.493 e. The fraction of sp³-hybridized carbons (Fsp3) is 0.190. The molecule has 6 nitrogen and oxygen atoms in total. The molecule has 0 aliphatic rings. The monoisotopic (exact) mass is 397 g/mol. The molecular formula is C21H20ClN3O3. The van der Waals surface area contributed by atoms with E-state index in [1.807, 2.05) is 25.1 Å². The Morgan fingerprint density at radius 2 is 1.93 bits per heavy atom. The van der Waals surface area contributed by atoms with Crippen LogP contribution in [0.25, 0.3) is 10.9 Å². The van der Waals surface area contributed by atoms with E-state index in [9.17, 15) is 9.59 Å². The van der Waals surface area contributed by atoms with Crippen molar-refractivity contribution in [2.75, 3.05) is 6.61 Å². The highest BCUT2D eigenvalue weighted by Crippen LogP contribution is 2.22. The number of benzene rings is 2. The van der Waals surface area contributed by atoms with Crippen molar-refractivity contribution in [2.45, 2.75) is 19.8 Å². The Hall–Kier alpha value is -3.12. The molecule has 3 aromatic rings. The number of rotatable bonds is 6. The summed E-state index contributed by atoms with van der Waals surface area (Å²) in [5.74, 6) is 0.0326. The van der Waals surface area contributed by atoms with Crippen LogP contribution in [0.3, 0.4) is 0 Å². The Bertz CT molecular complexity index is 1000. The van der Waals surface area contributed by atoms with Gasteiger partial charge in [0, 0.05) is 23.0 Å². The molecule has 0 radical (unpaired) electrons. The van der Waals surface area contributed by atoms with E-state index in [1.54, 1.807) is 36.5 Å².